The molecular formula is C14H20N2. The van der Waals surface area contributed by atoms with Crippen LogP contribution in [0.15, 0.2) is 24.4 Å². The summed E-state index contributed by atoms with van der Waals surface area (Å²) < 4.78 is 0. The van der Waals surface area contributed by atoms with Crippen LogP contribution in [0.2, 0.25) is 0 Å². The predicted octanol–water partition coefficient (Wildman–Crippen LogP) is 2.40. The Bertz CT molecular complexity index is 328. The molecule has 0 aromatic carbocycles. The molecule has 1 saturated carbocycles. The minimum Gasteiger partial charge on any atom is -0.314 e. The first kappa shape index (κ1) is 10.3. The highest BCUT2D eigenvalue weighted by Gasteiger charge is 2.31. The number of hydrogen-bond acceptors (Lipinski definition) is 2. The van der Waals surface area contributed by atoms with Gasteiger partial charge in [0.05, 0.1) is 0 Å². The molecule has 3 aliphatic rings. The normalized spacial score (nSPS) is 33.6. The summed E-state index contributed by atoms with van der Waals surface area (Å²) >= 11 is 0. The number of aromatic nitrogens is 1. The van der Waals surface area contributed by atoms with E-state index in [-0.39, 0.29) is 0 Å². The minimum atomic E-state index is 0.808. The van der Waals surface area contributed by atoms with E-state index in [0.29, 0.717) is 0 Å². The Morgan fingerprint density at radius 2 is 2.06 bits per heavy atom. The van der Waals surface area contributed by atoms with Crippen LogP contribution in [0.3, 0.4) is 0 Å². The number of hydrogen-bond donors (Lipinski definition) is 1. The molecule has 4 rings (SSSR count). The lowest BCUT2D eigenvalue weighted by Crippen LogP contribution is -2.29. The van der Waals surface area contributed by atoms with E-state index in [1.807, 2.05) is 12.3 Å². The van der Waals surface area contributed by atoms with E-state index < -0.39 is 0 Å². The Balaban J connectivity index is 1.70. The molecule has 1 N–H and O–H groups in total. The van der Waals surface area contributed by atoms with Crippen LogP contribution in [-0.4, -0.2) is 17.6 Å². The first-order valence-electron chi connectivity index (χ1n) is 6.55. The Morgan fingerprint density at radius 1 is 1.19 bits per heavy atom. The van der Waals surface area contributed by atoms with Gasteiger partial charge in [0.15, 0.2) is 0 Å². The summed E-state index contributed by atoms with van der Waals surface area (Å²) in [6.45, 7) is 1.20. The number of pyridine rings is 1. The molecular weight excluding hydrogens is 196 g/mol. The summed E-state index contributed by atoms with van der Waals surface area (Å²) in [7, 11) is 0. The highest BCUT2D eigenvalue weighted by atomic mass is 14.9. The maximum absolute atomic E-state index is 4.46. The van der Waals surface area contributed by atoms with Crippen molar-refractivity contribution < 1.29 is 0 Å². The average molecular weight is 216 g/mol. The molecule has 2 nitrogen and oxygen atoms in total. The molecule has 3 heterocycles. The van der Waals surface area contributed by atoms with Crippen molar-refractivity contribution in [3.63, 3.8) is 0 Å². The fourth-order valence-electron chi connectivity index (χ4n) is 3.31. The Morgan fingerprint density at radius 3 is 2.81 bits per heavy atom. The van der Waals surface area contributed by atoms with Crippen LogP contribution >= 0.6 is 0 Å². The van der Waals surface area contributed by atoms with Crippen molar-refractivity contribution in [2.75, 3.05) is 6.54 Å². The van der Waals surface area contributed by atoms with Gasteiger partial charge in [-0.05, 0) is 62.6 Å². The first-order chi connectivity index (χ1) is 7.92. The molecule has 1 atom stereocenters. The van der Waals surface area contributed by atoms with Gasteiger partial charge in [-0.3, -0.25) is 4.98 Å². The number of rotatable bonds is 2. The van der Waals surface area contributed by atoms with Crippen LogP contribution in [0.5, 0.6) is 0 Å². The van der Waals surface area contributed by atoms with E-state index in [2.05, 4.69) is 22.4 Å². The van der Waals surface area contributed by atoms with Crippen LogP contribution in [0.1, 0.15) is 31.4 Å². The molecule has 0 radical (unpaired) electrons. The van der Waals surface area contributed by atoms with Crippen LogP contribution < -0.4 is 5.32 Å². The second kappa shape index (κ2) is 4.54. The lowest BCUT2D eigenvalue weighted by molar-refractivity contribution is 0.279. The predicted molar refractivity (Wildman–Crippen MR) is 65.2 cm³/mol. The molecule has 2 bridgehead atoms. The van der Waals surface area contributed by atoms with Crippen LogP contribution in [0.25, 0.3) is 0 Å². The fraction of sp³-hybridized carbons (Fsp3) is 0.643. The second-order valence-corrected chi connectivity index (χ2v) is 5.31. The third-order valence-corrected chi connectivity index (χ3v) is 4.30. The fourth-order valence-corrected chi connectivity index (χ4v) is 3.31. The monoisotopic (exact) mass is 216 g/mol. The summed E-state index contributed by atoms with van der Waals surface area (Å²) in [5.41, 5.74) is 1.26. The minimum absolute atomic E-state index is 0.808. The maximum atomic E-state index is 4.46. The lowest BCUT2D eigenvalue weighted by atomic mass is 9.79. The van der Waals surface area contributed by atoms with E-state index >= 15 is 0 Å². The molecule has 1 aromatic rings. The van der Waals surface area contributed by atoms with Gasteiger partial charge in [0.1, 0.15) is 0 Å². The summed E-state index contributed by atoms with van der Waals surface area (Å²) in [4.78, 5) is 4.46. The van der Waals surface area contributed by atoms with Gasteiger partial charge in [0.2, 0.25) is 0 Å². The zero-order valence-electron chi connectivity index (χ0n) is 9.73. The largest absolute Gasteiger partial charge is 0.314 e. The number of nitrogens with zero attached hydrogens (tertiary/aromatic N) is 1. The van der Waals surface area contributed by atoms with Gasteiger partial charge < -0.3 is 5.32 Å². The van der Waals surface area contributed by atoms with Crippen molar-refractivity contribution in [1.29, 1.82) is 0 Å². The Labute approximate surface area is 97.5 Å². The van der Waals surface area contributed by atoms with Crippen LogP contribution in [0.4, 0.5) is 0 Å². The van der Waals surface area contributed by atoms with Gasteiger partial charge in [-0.1, -0.05) is 6.07 Å². The van der Waals surface area contributed by atoms with Gasteiger partial charge in [0, 0.05) is 17.9 Å². The van der Waals surface area contributed by atoms with E-state index in [4.69, 9.17) is 0 Å². The standard InChI is InChI=1S/C14H20N2/c1-2-8-15-14(3-1)9-12-10-16-13-6-4-11(12)5-7-13/h1-3,8,11-13,16H,4-7,9-10H2. The summed E-state index contributed by atoms with van der Waals surface area (Å²) in [6, 6.07) is 7.08. The van der Waals surface area contributed by atoms with E-state index in [1.165, 1.54) is 37.9 Å². The van der Waals surface area contributed by atoms with E-state index in [1.54, 1.807) is 0 Å². The van der Waals surface area contributed by atoms with Crippen LogP contribution in [-0.2, 0) is 6.42 Å². The summed E-state index contributed by atoms with van der Waals surface area (Å²) in [5, 5.41) is 3.72. The van der Waals surface area contributed by atoms with Gasteiger partial charge in [-0.25, -0.2) is 0 Å². The molecule has 1 aliphatic carbocycles. The topological polar surface area (TPSA) is 24.9 Å². The van der Waals surface area contributed by atoms with E-state index in [9.17, 15) is 0 Å². The number of fused-ring (bicyclic) bond motifs is 4. The van der Waals surface area contributed by atoms with Crippen molar-refractivity contribution in [3.8, 4) is 0 Å². The molecule has 2 saturated heterocycles. The van der Waals surface area contributed by atoms with Gasteiger partial charge in [-0.15, -0.1) is 0 Å². The molecule has 2 heteroatoms. The zero-order chi connectivity index (χ0) is 10.8. The molecule has 1 unspecified atom stereocenters. The Kier molecular flexibility index (Phi) is 2.92. The third kappa shape index (κ3) is 2.12. The molecule has 2 aliphatic heterocycles. The maximum Gasteiger partial charge on any atom is 0.0406 e. The number of nitrogens with one attached hydrogen (secondary N) is 1. The molecule has 0 spiro atoms. The van der Waals surface area contributed by atoms with Crippen LogP contribution in [0, 0.1) is 11.8 Å². The quantitative estimate of drug-likeness (QED) is 0.821. The Hall–Kier alpha value is -0.890. The summed E-state index contributed by atoms with van der Waals surface area (Å²) in [6.07, 6.45) is 8.71. The average Bonchev–Trinajstić information content (AvgIpc) is 2.65. The molecule has 1 aromatic heterocycles. The second-order valence-electron chi connectivity index (χ2n) is 5.31. The first-order valence-corrected chi connectivity index (χ1v) is 6.55. The van der Waals surface area contributed by atoms with Gasteiger partial charge in [0.25, 0.3) is 0 Å². The van der Waals surface area contributed by atoms with Crippen molar-refractivity contribution in [2.45, 2.75) is 38.1 Å². The highest BCUT2D eigenvalue weighted by molar-refractivity contribution is 5.05. The van der Waals surface area contributed by atoms with Crippen molar-refractivity contribution >= 4 is 0 Å². The summed E-state index contributed by atoms with van der Waals surface area (Å²) in [5.74, 6) is 1.75. The van der Waals surface area contributed by atoms with E-state index in [0.717, 1.165) is 24.3 Å². The molecule has 0 amide bonds. The molecule has 16 heavy (non-hydrogen) atoms. The van der Waals surface area contributed by atoms with Gasteiger partial charge >= 0.3 is 0 Å². The SMILES string of the molecule is c1ccc(CC2CNC3CCC2CC3)nc1. The molecule has 86 valence electrons. The van der Waals surface area contributed by atoms with Crippen molar-refractivity contribution in [3.05, 3.63) is 30.1 Å². The third-order valence-electron chi connectivity index (χ3n) is 4.30. The smallest absolute Gasteiger partial charge is 0.0406 e. The lowest BCUT2D eigenvalue weighted by Gasteiger charge is -2.26. The zero-order valence-corrected chi connectivity index (χ0v) is 9.73. The van der Waals surface area contributed by atoms with Gasteiger partial charge in [-0.2, -0.15) is 0 Å². The van der Waals surface area contributed by atoms with Crippen molar-refractivity contribution in [1.82, 2.24) is 10.3 Å². The van der Waals surface area contributed by atoms with Crippen molar-refractivity contribution in [2.24, 2.45) is 11.8 Å². The molecule has 3 fully saturated rings. The highest BCUT2D eigenvalue weighted by Crippen LogP contribution is 2.34.